The Bertz CT molecular complexity index is 1050. The summed E-state index contributed by atoms with van der Waals surface area (Å²) < 4.78 is 32.2. The van der Waals surface area contributed by atoms with Crippen molar-refractivity contribution >= 4 is 21.7 Å². The third-order valence-corrected chi connectivity index (χ3v) is 7.41. The molecule has 1 saturated heterocycles. The molecule has 1 amide bonds. The van der Waals surface area contributed by atoms with Gasteiger partial charge < -0.3 is 15.0 Å². The summed E-state index contributed by atoms with van der Waals surface area (Å²) >= 11 is 0. The van der Waals surface area contributed by atoms with E-state index < -0.39 is 10.0 Å². The van der Waals surface area contributed by atoms with Crippen molar-refractivity contribution in [3.8, 4) is 5.75 Å². The zero-order chi connectivity index (χ0) is 23.1. The van der Waals surface area contributed by atoms with E-state index in [0.717, 1.165) is 5.56 Å². The number of carbonyl (C=O) groups is 2. The van der Waals surface area contributed by atoms with E-state index in [1.165, 1.54) is 11.4 Å². The quantitative estimate of drug-likeness (QED) is 0.576. The Morgan fingerprint density at radius 3 is 2.28 bits per heavy atom. The van der Waals surface area contributed by atoms with Crippen LogP contribution in [0.5, 0.6) is 5.75 Å². The highest BCUT2D eigenvalue weighted by atomic mass is 32.2. The van der Waals surface area contributed by atoms with Crippen LogP contribution in [0.2, 0.25) is 0 Å². The molecule has 0 unspecified atom stereocenters. The van der Waals surface area contributed by atoms with Gasteiger partial charge in [-0.1, -0.05) is 24.3 Å². The Balaban J connectivity index is 1.49. The first-order valence-electron chi connectivity index (χ1n) is 10.5. The minimum absolute atomic E-state index is 0.0623. The van der Waals surface area contributed by atoms with Crippen molar-refractivity contribution in [3.63, 3.8) is 0 Å². The van der Waals surface area contributed by atoms with E-state index in [9.17, 15) is 18.0 Å². The second kappa shape index (κ2) is 10.7. The Labute approximate surface area is 189 Å². The topological polar surface area (TPSA) is 96.0 Å². The Morgan fingerprint density at radius 2 is 1.62 bits per heavy atom. The molecule has 0 atom stereocenters. The van der Waals surface area contributed by atoms with Gasteiger partial charge in [0.25, 0.3) is 0 Å². The van der Waals surface area contributed by atoms with Crippen LogP contribution in [0.3, 0.4) is 0 Å². The second-order valence-electron chi connectivity index (χ2n) is 7.75. The smallest absolute Gasteiger partial charge is 0.243 e. The number of hydrogen-bond acceptors (Lipinski definition) is 6. The number of nitrogens with one attached hydrogen (secondary N) is 1. The highest BCUT2D eigenvalue weighted by molar-refractivity contribution is 7.89. The predicted molar refractivity (Wildman–Crippen MR) is 121 cm³/mol. The fraction of sp³-hybridized carbons (Fsp3) is 0.391. The average Bonchev–Trinajstić information content (AvgIpc) is 2.81. The fourth-order valence-corrected chi connectivity index (χ4v) is 4.90. The molecule has 1 aliphatic heterocycles. The van der Waals surface area contributed by atoms with Gasteiger partial charge in [0.2, 0.25) is 15.9 Å². The van der Waals surface area contributed by atoms with Gasteiger partial charge in [-0.05, 0) is 36.9 Å². The normalized spacial score (nSPS) is 15.3. The number of ketones is 1. The third-order valence-electron chi connectivity index (χ3n) is 5.50. The molecular formula is C23H29N3O5S. The van der Waals surface area contributed by atoms with Gasteiger partial charge >= 0.3 is 0 Å². The van der Waals surface area contributed by atoms with Crippen LogP contribution in [-0.4, -0.2) is 69.6 Å². The lowest BCUT2D eigenvalue weighted by atomic mass is 10.1. The lowest BCUT2D eigenvalue weighted by Gasteiger charge is -2.31. The number of rotatable bonds is 9. The summed E-state index contributed by atoms with van der Waals surface area (Å²) in [5.74, 6) is 0.0861. The molecule has 172 valence electrons. The van der Waals surface area contributed by atoms with Crippen LogP contribution in [-0.2, 0) is 21.4 Å². The molecule has 1 heterocycles. The van der Waals surface area contributed by atoms with Crippen molar-refractivity contribution < 1.29 is 22.7 Å². The zero-order valence-electron chi connectivity index (χ0n) is 18.4. The maximum atomic E-state index is 12.8. The van der Waals surface area contributed by atoms with Crippen LogP contribution in [0, 0.1) is 0 Å². The van der Waals surface area contributed by atoms with E-state index in [1.807, 2.05) is 7.05 Å². The minimum Gasteiger partial charge on any atom is -0.496 e. The largest absolute Gasteiger partial charge is 0.496 e. The zero-order valence-corrected chi connectivity index (χ0v) is 19.2. The van der Waals surface area contributed by atoms with Gasteiger partial charge in [-0.3, -0.25) is 9.59 Å². The van der Waals surface area contributed by atoms with Gasteiger partial charge in [0.05, 0.1) is 17.6 Å². The molecule has 2 aromatic rings. The molecule has 8 nitrogen and oxygen atoms in total. The van der Waals surface area contributed by atoms with Crippen LogP contribution < -0.4 is 10.1 Å². The summed E-state index contributed by atoms with van der Waals surface area (Å²) in [5, 5.41) is 2.77. The molecule has 0 aliphatic carbocycles. The first kappa shape index (κ1) is 23.9. The van der Waals surface area contributed by atoms with Crippen molar-refractivity contribution in [2.75, 3.05) is 40.3 Å². The van der Waals surface area contributed by atoms with Crippen molar-refractivity contribution in [3.05, 3.63) is 59.7 Å². The predicted octanol–water partition coefficient (Wildman–Crippen LogP) is 1.91. The van der Waals surface area contributed by atoms with Gasteiger partial charge in [0.15, 0.2) is 5.78 Å². The summed E-state index contributed by atoms with van der Waals surface area (Å²) in [5.41, 5.74) is 1.24. The summed E-state index contributed by atoms with van der Waals surface area (Å²) in [6.45, 7) is 2.64. The molecule has 3 rings (SSSR count). The maximum absolute atomic E-state index is 12.8. The van der Waals surface area contributed by atoms with Gasteiger partial charge in [0, 0.05) is 45.6 Å². The van der Waals surface area contributed by atoms with Crippen LogP contribution in [0.4, 0.5) is 0 Å². The summed E-state index contributed by atoms with van der Waals surface area (Å²) in [6, 6.07) is 13.5. The van der Waals surface area contributed by atoms with Crippen molar-refractivity contribution in [2.24, 2.45) is 0 Å². The van der Waals surface area contributed by atoms with Crippen molar-refractivity contribution in [1.29, 1.82) is 0 Å². The fourth-order valence-electron chi connectivity index (χ4n) is 3.48. The van der Waals surface area contributed by atoms with E-state index in [1.54, 1.807) is 48.5 Å². The number of piperazine rings is 1. The van der Waals surface area contributed by atoms with Crippen LogP contribution in [0.25, 0.3) is 0 Å². The van der Waals surface area contributed by atoms with Gasteiger partial charge in [-0.2, -0.15) is 4.31 Å². The number of likely N-dealkylation sites (N-methyl/N-ethyl adjacent to an activating group) is 1. The third kappa shape index (κ3) is 5.93. The van der Waals surface area contributed by atoms with E-state index in [4.69, 9.17) is 4.74 Å². The SMILES string of the molecule is COc1ccccc1C(=O)CCC(=O)NCc1ccc(S(=O)(=O)N2CCN(C)CC2)cc1. The summed E-state index contributed by atoms with van der Waals surface area (Å²) in [7, 11) is -0.0380. The number of para-hydroxylation sites is 1. The number of Topliss-reactive ketones (excluding diaryl/α,β-unsaturated/α-hetero) is 1. The average molecular weight is 460 g/mol. The molecule has 0 saturated carbocycles. The van der Waals surface area contributed by atoms with Crippen molar-refractivity contribution in [1.82, 2.24) is 14.5 Å². The number of ether oxygens (including phenoxy) is 1. The molecule has 0 spiro atoms. The number of methoxy groups -OCH3 is 1. The molecule has 1 fully saturated rings. The number of hydrogen-bond donors (Lipinski definition) is 1. The number of sulfonamides is 1. The van der Waals surface area contributed by atoms with E-state index in [0.29, 0.717) is 37.5 Å². The summed E-state index contributed by atoms with van der Waals surface area (Å²) in [6.07, 6.45) is 0.140. The monoisotopic (exact) mass is 459 g/mol. The lowest BCUT2D eigenvalue weighted by molar-refractivity contribution is -0.121. The highest BCUT2D eigenvalue weighted by Gasteiger charge is 2.27. The van der Waals surface area contributed by atoms with E-state index in [2.05, 4.69) is 10.2 Å². The minimum atomic E-state index is -3.51. The Hall–Kier alpha value is -2.75. The van der Waals surface area contributed by atoms with Gasteiger partial charge in [0.1, 0.15) is 5.75 Å². The standard InChI is InChI=1S/C23H29N3O5S/c1-25-13-15-26(16-14-25)32(29,30)19-9-7-18(8-10-19)17-24-23(28)12-11-21(27)20-5-3-4-6-22(20)31-2/h3-10H,11-17H2,1-2H3,(H,24,28). The Kier molecular flexibility index (Phi) is 8.00. The van der Waals surface area contributed by atoms with Crippen molar-refractivity contribution in [2.45, 2.75) is 24.3 Å². The van der Waals surface area contributed by atoms with E-state index in [-0.39, 0.29) is 36.0 Å². The number of nitrogens with zero attached hydrogens (tertiary/aromatic N) is 2. The molecule has 1 aliphatic rings. The van der Waals surface area contributed by atoms with Crippen LogP contribution in [0.1, 0.15) is 28.8 Å². The number of amides is 1. The molecule has 32 heavy (non-hydrogen) atoms. The molecule has 9 heteroatoms. The first-order valence-corrected chi connectivity index (χ1v) is 12.0. The highest BCUT2D eigenvalue weighted by Crippen LogP contribution is 2.20. The summed E-state index contributed by atoms with van der Waals surface area (Å²) in [4.78, 5) is 26.9. The van der Waals surface area contributed by atoms with Crippen LogP contribution in [0.15, 0.2) is 53.4 Å². The molecular weight excluding hydrogens is 430 g/mol. The lowest BCUT2D eigenvalue weighted by Crippen LogP contribution is -2.47. The number of benzene rings is 2. The Morgan fingerprint density at radius 1 is 0.969 bits per heavy atom. The molecule has 0 bridgehead atoms. The first-order chi connectivity index (χ1) is 15.3. The van der Waals surface area contributed by atoms with Crippen LogP contribution >= 0.6 is 0 Å². The number of carbonyl (C=O) groups excluding carboxylic acids is 2. The molecule has 0 radical (unpaired) electrons. The van der Waals surface area contributed by atoms with Gasteiger partial charge in [-0.25, -0.2) is 8.42 Å². The molecule has 2 aromatic carbocycles. The molecule has 0 aromatic heterocycles. The van der Waals surface area contributed by atoms with Gasteiger partial charge in [-0.15, -0.1) is 0 Å². The maximum Gasteiger partial charge on any atom is 0.243 e. The van der Waals surface area contributed by atoms with E-state index >= 15 is 0 Å². The molecule has 1 N–H and O–H groups in total. The second-order valence-corrected chi connectivity index (χ2v) is 9.69.